The van der Waals surface area contributed by atoms with E-state index in [0.29, 0.717) is 11.3 Å². The summed E-state index contributed by atoms with van der Waals surface area (Å²) in [4.78, 5) is 27.4. The van der Waals surface area contributed by atoms with Crippen LogP contribution in [-0.2, 0) is 21.4 Å². The second kappa shape index (κ2) is 4.97. The largest absolute Gasteiger partial charge is 0.443 e. The van der Waals surface area contributed by atoms with E-state index >= 15 is 0 Å². The van der Waals surface area contributed by atoms with E-state index in [1.54, 1.807) is 20.8 Å². The van der Waals surface area contributed by atoms with Gasteiger partial charge >= 0.3 is 6.09 Å². The quantitative estimate of drug-likeness (QED) is 0.699. The summed E-state index contributed by atoms with van der Waals surface area (Å²) in [5, 5.41) is 0. The van der Waals surface area contributed by atoms with Crippen molar-refractivity contribution in [2.45, 2.75) is 44.1 Å². The topological polar surface area (TPSA) is 46.6 Å². The van der Waals surface area contributed by atoms with Crippen LogP contribution in [0.4, 0.5) is 14.9 Å². The summed E-state index contributed by atoms with van der Waals surface area (Å²) in [7, 11) is 0. The van der Waals surface area contributed by atoms with Crippen LogP contribution in [0.3, 0.4) is 0 Å². The van der Waals surface area contributed by atoms with Crippen LogP contribution >= 0.6 is 0 Å². The molecule has 0 N–H and O–H groups in total. The number of anilines is 1. The van der Waals surface area contributed by atoms with Gasteiger partial charge in [0.15, 0.2) is 0 Å². The molecule has 2 amide bonds. The van der Waals surface area contributed by atoms with Gasteiger partial charge in [-0.3, -0.25) is 4.79 Å². The number of hydrogen-bond donors (Lipinski definition) is 0. The number of rotatable bonds is 0. The zero-order chi connectivity index (χ0) is 19.1. The number of ether oxygens (including phenoxy) is 1. The van der Waals surface area contributed by atoms with Crippen molar-refractivity contribution in [2.75, 3.05) is 4.90 Å². The van der Waals surface area contributed by atoms with Crippen LogP contribution in [0.15, 0.2) is 42.5 Å². The van der Waals surface area contributed by atoms with E-state index < -0.39 is 22.9 Å². The smallest absolute Gasteiger partial charge is 0.421 e. The summed E-state index contributed by atoms with van der Waals surface area (Å²) in [5.41, 5.74) is 1.87. The molecule has 3 aliphatic rings. The minimum atomic E-state index is -0.845. The second-order valence-corrected chi connectivity index (χ2v) is 8.64. The molecule has 1 saturated carbocycles. The molecule has 0 bridgehead atoms. The number of amides is 2. The summed E-state index contributed by atoms with van der Waals surface area (Å²) >= 11 is 0. The van der Waals surface area contributed by atoms with Crippen LogP contribution in [0.2, 0.25) is 0 Å². The minimum absolute atomic E-state index is 0.00538. The molecule has 3 atom stereocenters. The normalized spacial score (nSPS) is 27.4. The Bertz CT molecular complexity index is 1010. The molecule has 1 spiro atoms. The van der Waals surface area contributed by atoms with Crippen molar-refractivity contribution in [3.05, 3.63) is 65.0 Å². The molecule has 1 fully saturated rings. The predicted octanol–water partition coefficient (Wildman–Crippen LogP) is 4.31. The SMILES string of the molecule is CC(C)(C)OC(=O)N1C(=O)[C@@]2(c3cc(F)ccc31)[C@@H]1Cc3ccccc3[C@@H]12. The van der Waals surface area contributed by atoms with Crippen molar-refractivity contribution in [2.24, 2.45) is 5.92 Å². The van der Waals surface area contributed by atoms with Gasteiger partial charge in [0, 0.05) is 5.92 Å². The third kappa shape index (κ3) is 2.02. The van der Waals surface area contributed by atoms with Crippen molar-refractivity contribution < 1.29 is 18.7 Å². The Kier molecular flexibility index (Phi) is 3.03. The molecule has 5 rings (SSSR count). The van der Waals surface area contributed by atoms with Gasteiger partial charge in [0.2, 0.25) is 5.91 Å². The molecule has 27 heavy (non-hydrogen) atoms. The molecule has 0 aromatic heterocycles. The Morgan fingerprint density at radius 3 is 2.70 bits per heavy atom. The monoisotopic (exact) mass is 365 g/mol. The third-order valence-corrected chi connectivity index (χ3v) is 5.98. The van der Waals surface area contributed by atoms with Crippen LogP contribution in [0.1, 0.15) is 43.4 Å². The second-order valence-electron chi connectivity index (χ2n) is 8.64. The Balaban J connectivity index is 1.63. The lowest BCUT2D eigenvalue weighted by Crippen LogP contribution is -2.42. The molecule has 138 valence electrons. The number of halogens is 1. The van der Waals surface area contributed by atoms with Crippen LogP contribution in [0, 0.1) is 11.7 Å². The fraction of sp³-hybridized carbons (Fsp3) is 0.364. The number of hydrogen-bond acceptors (Lipinski definition) is 3. The predicted molar refractivity (Wildman–Crippen MR) is 98.2 cm³/mol. The van der Waals surface area contributed by atoms with Gasteiger partial charge in [-0.25, -0.2) is 14.1 Å². The molecule has 2 aliphatic carbocycles. The molecule has 2 aromatic carbocycles. The number of imide groups is 1. The lowest BCUT2D eigenvalue weighted by Gasteiger charge is -2.24. The molecule has 5 heteroatoms. The summed E-state index contributed by atoms with van der Waals surface area (Å²) in [6.07, 6.45) is 0.0699. The van der Waals surface area contributed by atoms with E-state index in [0.717, 1.165) is 16.9 Å². The highest BCUT2D eigenvalue weighted by molar-refractivity contribution is 6.23. The number of benzene rings is 2. The molecule has 1 aliphatic heterocycles. The molecular weight excluding hydrogens is 345 g/mol. The van der Waals surface area contributed by atoms with Crippen LogP contribution in [0.5, 0.6) is 0 Å². The van der Waals surface area contributed by atoms with Gasteiger partial charge < -0.3 is 4.74 Å². The van der Waals surface area contributed by atoms with E-state index in [1.807, 2.05) is 18.2 Å². The van der Waals surface area contributed by atoms with Crippen LogP contribution < -0.4 is 4.90 Å². The molecule has 0 radical (unpaired) electrons. The molecule has 4 nitrogen and oxygen atoms in total. The molecule has 0 saturated heterocycles. The van der Waals surface area contributed by atoms with Crippen molar-refractivity contribution in [3.63, 3.8) is 0 Å². The molecule has 1 heterocycles. The maximum atomic E-state index is 14.1. The van der Waals surface area contributed by atoms with Crippen LogP contribution in [-0.4, -0.2) is 17.6 Å². The van der Waals surface area contributed by atoms with Gasteiger partial charge in [-0.2, -0.15) is 0 Å². The zero-order valence-corrected chi connectivity index (χ0v) is 15.5. The molecule has 2 aromatic rings. The first kappa shape index (κ1) is 16.5. The Morgan fingerprint density at radius 2 is 1.96 bits per heavy atom. The fourth-order valence-corrected chi connectivity index (χ4v) is 5.05. The first-order valence-corrected chi connectivity index (χ1v) is 9.20. The van der Waals surface area contributed by atoms with Crippen LogP contribution in [0.25, 0.3) is 0 Å². The van der Waals surface area contributed by atoms with E-state index in [2.05, 4.69) is 6.07 Å². The number of nitrogens with zero attached hydrogens (tertiary/aromatic N) is 1. The average Bonchev–Trinajstić information content (AvgIpc) is 2.95. The fourth-order valence-electron chi connectivity index (χ4n) is 5.05. The van der Waals surface area contributed by atoms with Crippen molar-refractivity contribution in [1.82, 2.24) is 0 Å². The average molecular weight is 365 g/mol. The maximum Gasteiger partial charge on any atom is 0.421 e. The van der Waals surface area contributed by atoms with Gasteiger partial charge in [0.05, 0.1) is 11.1 Å². The molecule has 0 unspecified atom stereocenters. The van der Waals surface area contributed by atoms with Gasteiger partial charge in [0.25, 0.3) is 0 Å². The summed E-state index contributed by atoms with van der Waals surface area (Å²) in [5.74, 6) is -0.628. The number of fused-ring (bicyclic) bond motifs is 7. The van der Waals surface area contributed by atoms with Crippen molar-refractivity contribution in [1.29, 1.82) is 0 Å². The Morgan fingerprint density at radius 1 is 1.22 bits per heavy atom. The van der Waals surface area contributed by atoms with Gasteiger partial charge in [-0.05, 0) is 68.0 Å². The van der Waals surface area contributed by atoms with E-state index in [1.165, 1.54) is 23.8 Å². The number of carbonyl (C=O) groups is 2. The summed E-state index contributed by atoms with van der Waals surface area (Å²) in [6.45, 7) is 5.28. The van der Waals surface area contributed by atoms with Gasteiger partial charge in [-0.1, -0.05) is 24.3 Å². The maximum absolute atomic E-state index is 14.1. The van der Waals surface area contributed by atoms with Gasteiger partial charge in [0.1, 0.15) is 11.4 Å². The Hall–Kier alpha value is -2.69. The molecular formula is C22H20FNO3. The highest BCUT2D eigenvalue weighted by Gasteiger charge is 2.77. The van der Waals surface area contributed by atoms with Crippen molar-refractivity contribution in [3.8, 4) is 0 Å². The first-order chi connectivity index (χ1) is 12.7. The minimum Gasteiger partial charge on any atom is -0.443 e. The first-order valence-electron chi connectivity index (χ1n) is 9.20. The van der Waals surface area contributed by atoms with E-state index in [9.17, 15) is 14.0 Å². The lowest BCUT2D eigenvalue weighted by atomic mass is 9.86. The highest BCUT2D eigenvalue weighted by atomic mass is 19.1. The highest BCUT2D eigenvalue weighted by Crippen LogP contribution is 2.74. The zero-order valence-electron chi connectivity index (χ0n) is 15.5. The van der Waals surface area contributed by atoms with E-state index in [4.69, 9.17) is 4.74 Å². The Labute approximate surface area is 156 Å². The number of carbonyl (C=O) groups excluding carboxylic acids is 2. The van der Waals surface area contributed by atoms with E-state index in [-0.39, 0.29) is 17.7 Å². The lowest BCUT2D eigenvalue weighted by molar-refractivity contribution is -0.120. The third-order valence-electron chi connectivity index (χ3n) is 5.98. The van der Waals surface area contributed by atoms with Crippen molar-refractivity contribution >= 4 is 17.7 Å². The summed E-state index contributed by atoms with van der Waals surface area (Å²) in [6, 6.07) is 12.3. The standard InChI is InChI=1S/C22H20FNO3/c1-21(2,3)27-20(26)24-17-9-8-13(23)11-15(17)22(19(24)25)16-10-12-6-4-5-7-14(12)18(16)22/h4-9,11,16,18H,10H2,1-3H3/t16-,18+,22+/m1/s1. The van der Waals surface area contributed by atoms with Gasteiger partial charge in [-0.15, -0.1) is 0 Å². The summed E-state index contributed by atoms with van der Waals surface area (Å²) < 4.78 is 19.5.